The molecule has 1 aromatic rings. The summed E-state index contributed by atoms with van der Waals surface area (Å²) < 4.78 is 15.5. The maximum atomic E-state index is 11.9. The minimum absolute atomic E-state index is 0.0708. The molecule has 0 aliphatic heterocycles. The summed E-state index contributed by atoms with van der Waals surface area (Å²) >= 11 is 0. The summed E-state index contributed by atoms with van der Waals surface area (Å²) in [4.78, 5) is 23.6. The van der Waals surface area contributed by atoms with Gasteiger partial charge in [0.05, 0.1) is 20.6 Å². The average Bonchev–Trinajstić information content (AvgIpc) is 3.30. The van der Waals surface area contributed by atoms with E-state index in [1.54, 1.807) is 32.2 Å². The van der Waals surface area contributed by atoms with Crippen LogP contribution in [0.3, 0.4) is 0 Å². The van der Waals surface area contributed by atoms with Gasteiger partial charge < -0.3 is 19.5 Å². The zero-order valence-electron chi connectivity index (χ0n) is 13.0. The average molecular weight is 307 g/mol. The lowest BCUT2D eigenvalue weighted by Gasteiger charge is -2.14. The van der Waals surface area contributed by atoms with Gasteiger partial charge in [-0.15, -0.1) is 0 Å². The number of ether oxygens (including phenoxy) is 3. The first kappa shape index (κ1) is 16.1. The lowest BCUT2D eigenvalue weighted by atomic mass is 10.1. The minimum atomic E-state index is -0.784. The second-order valence-electron chi connectivity index (χ2n) is 5.28. The van der Waals surface area contributed by atoms with E-state index in [2.05, 4.69) is 5.32 Å². The van der Waals surface area contributed by atoms with Gasteiger partial charge in [0.2, 0.25) is 0 Å². The van der Waals surface area contributed by atoms with E-state index in [0.717, 1.165) is 18.4 Å². The van der Waals surface area contributed by atoms with Crippen LogP contribution in [0.4, 0.5) is 0 Å². The van der Waals surface area contributed by atoms with Gasteiger partial charge in [-0.1, -0.05) is 6.07 Å². The molecule has 0 heterocycles. The summed E-state index contributed by atoms with van der Waals surface area (Å²) in [5.41, 5.74) is 0.734. The van der Waals surface area contributed by atoms with Gasteiger partial charge in [-0.2, -0.15) is 0 Å². The van der Waals surface area contributed by atoms with Gasteiger partial charge in [0, 0.05) is 6.04 Å². The Morgan fingerprint density at radius 3 is 2.50 bits per heavy atom. The number of amides is 1. The number of hydrogen-bond donors (Lipinski definition) is 1. The molecule has 1 aliphatic carbocycles. The fourth-order valence-corrected chi connectivity index (χ4v) is 2.00. The molecule has 1 saturated carbocycles. The number of hydrogen-bond acceptors (Lipinski definition) is 5. The van der Waals surface area contributed by atoms with E-state index >= 15 is 0 Å². The monoisotopic (exact) mass is 307 g/mol. The van der Waals surface area contributed by atoms with Crippen molar-refractivity contribution in [2.45, 2.75) is 38.3 Å². The number of carbonyl (C=O) groups is 2. The summed E-state index contributed by atoms with van der Waals surface area (Å²) in [6.07, 6.45) is 1.28. The van der Waals surface area contributed by atoms with Crippen molar-refractivity contribution in [3.05, 3.63) is 23.8 Å². The highest BCUT2D eigenvalue weighted by Gasteiger charge is 2.27. The summed E-state index contributed by atoms with van der Waals surface area (Å²) in [7, 11) is 3.08. The number of methoxy groups -OCH3 is 2. The smallest absolute Gasteiger partial charge is 0.311 e. The van der Waals surface area contributed by atoms with Crippen LogP contribution in [-0.2, 0) is 20.7 Å². The highest BCUT2D eigenvalue weighted by molar-refractivity contribution is 5.84. The standard InChI is InChI=1S/C16H21NO5/c1-10(16(19)17-12-5-6-12)22-15(18)9-11-4-7-13(20-2)14(8-11)21-3/h4,7-8,10,12H,5-6,9H2,1-3H3,(H,17,19)/t10-/m1/s1. The molecule has 22 heavy (non-hydrogen) atoms. The first-order valence-electron chi connectivity index (χ1n) is 7.24. The van der Waals surface area contributed by atoms with Gasteiger partial charge in [-0.25, -0.2) is 0 Å². The van der Waals surface area contributed by atoms with Crippen LogP contribution in [0.5, 0.6) is 11.5 Å². The number of nitrogens with one attached hydrogen (secondary N) is 1. The number of benzene rings is 1. The van der Waals surface area contributed by atoms with E-state index < -0.39 is 12.1 Å². The molecule has 6 heteroatoms. The Kier molecular flexibility index (Phi) is 5.25. The Morgan fingerprint density at radius 2 is 1.91 bits per heavy atom. The zero-order chi connectivity index (χ0) is 16.1. The van der Waals surface area contributed by atoms with Gasteiger partial charge >= 0.3 is 5.97 Å². The van der Waals surface area contributed by atoms with Crippen molar-refractivity contribution in [3.8, 4) is 11.5 Å². The van der Waals surface area contributed by atoms with Gasteiger partial charge in [-0.05, 0) is 37.5 Å². The Labute approximate surface area is 129 Å². The van der Waals surface area contributed by atoms with Crippen LogP contribution in [-0.4, -0.2) is 38.2 Å². The van der Waals surface area contributed by atoms with E-state index in [4.69, 9.17) is 14.2 Å². The molecular formula is C16H21NO5. The summed E-state index contributed by atoms with van der Waals surface area (Å²) in [5.74, 6) is 0.443. The summed E-state index contributed by atoms with van der Waals surface area (Å²) in [6, 6.07) is 5.46. The van der Waals surface area contributed by atoms with Crippen LogP contribution in [0.15, 0.2) is 18.2 Å². The first-order valence-corrected chi connectivity index (χ1v) is 7.24. The molecule has 1 fully saturated rings. The molecule has 0 bridgehead atoms. The third kappa shape index (κ3) is 4.38. The highest BCUT2D eigenvalue weighted by atomic mass is 16.5. The maximum absolute atomic E-state index is 11.9. The summed E-state index contributed by atoms with van der Waals surface area (Å²) in [6.45, 7) is 1.57. The molecule has 0 unspecified atom stereocenters. The summed E-state index contributed by atoms with van der Waals surface area (Å²) in [5, 5.41) is 2.80. The third-order valence-corrected chi connectivity index (χ3v) is 3.40. The van der Waals surface area contributed by atoms with Crippen molar-refractivity contribution < 1.29 is 23.8 Å². The predicted molar refractivity (Wildman–Crippen MR) is 80.0 cm³/mol. The molecule has 6 nitrogen and oxygen atoms in total. The molecule has 0 spiro atoms. The van der Waals surface area contributed by atoms with Crippen molar-refractivity contribution in [2.75, 3.05) is 14.2 Å². The number of rotatable bonds is 7. The van der Waals surface area contributed by atoms with Crippen molar-refractivity contribution in [3.63, 3.8) is 0 Å². The molecule has 0 radical (unpaired) electrons. The van der Waals surface area contributed by atoms with Gasteiger partial charge in [0.15, 0.2) is 17.6 Å². The second kappa shape index (κ2) is 7.15. The first-order chi connectivity index (χ1) is 10.5. The Balaban J connectivity index is 1.89. The van der Waals surface area contributed by atoms with Crippen LogP contribution in [0.2, 0.25) is 0 Å². The van der Waals surface area contributed by atoms with Crippen LogP contribution in [0.1, 0.15) is 25.3 Å². The van der Waals surface area contributed by atoms with Crippen LogP contribution < -0.4 is 14.8 Å². The minimum Gasteiger partial charge on any atom is -0.493 e. The lowest BCUT2D eigenvalue weighted by Crippen LogP contribution is -2.37. The SMILES string of the molecule is COc1ccc(CC(=O)O[C@H](C)C(=O)NC2CC2)cc1OC. The highest BCUT2D eigenvalue weighted by Crippen LogP contribution is 2.27. The van der Waals surface area contributed by atoms with Crippen molar-refractivity contribution in [2.24, 2.45) is 0 Å². The Morgan fingerprint density at radius 1 is 1.23 bits per heavy atom. The van der Waals surface area contributed by atoms with Gasteiger partial charge in [-0.3, -0.25) is 9.59 Å². The molecule has 2 rings (SSSR count). The number of esters is 1. The van der Waals surface area contributed by atoms with E-state index in [0.29, 0.717) is 11.5 Å². The largest absolute Gasteiger partial charge is 0.493 e. The zero-order valence-corrected chi connectivity index (χ0v) is 13.0. The van der Waals surface area contributed by atoms with Crippen molar-refractivity contribution in [1.82, 2.24) is 5.32 Å². The van der Waals surface area contributed by atoms with Gasteiger partial charge in [0.25, 0.3) is 5.91 Å². The van der Waals surface area contributed by atoms with Crippen LogP contribution >= 0.6 is 0 Å². The predicted octanol–water partition coefficient (Wildman–Crippen LogP) is 1.46. The molecule has 0 saturated heterocycles. The molecular weight excluding hydrogens is 286 g/mol. The van der Waals surface area contributed by atoms with Crippen LogP contribution in [0.25, 0.3) is 0 Å². The Hall–Kier alpha value is -2.24. The quantitative estimate of drug-likeness (QED) is 0.772. The molecule has 0 aromatic heterocycles. The topological polar surface area (TPSA) is 73.9 Å². The second-order valence-corrected chi connectivity index (χ2v) is 5.28. The van der Waals surface area contributed by atoms with E-state index in [9.17, 15) is 9.59 Å². The van der Waals surface area contributed by atoms with Gasteiger partial charge in [0.1, 0.15) is 0 Å². The normalized spacial score (nSPS) is 14.9. The van der Waals surface area contributed by atoms with E-state index in [1.807, 2.05) is 0 Å². The lowest BCUT2D eigenvalue weighted by molar-refractivity contribution is -0.154. The third-order valence-electron chi connectivity index (χ3n) is 3.40. The van der Waals surface area contributed by atoms with Crippen molar-refractivity contribution >= 4 is 11.9 Å². The van der Waals surface area contributed by atoms with Crippen LogP contribution in [0, 0.1) is 0 Å². The fraction of sp³-hybridized carbons (Fsp3) is 0.500. The fourth-order valence-electron chi connectivity index (χ4n) is 2.00. The van der Waals surface area contributed by atoms with Crippen molar-refractivity contribution in [1.29, 1.82) is 0 Å². The van der Waals surface area contributed by atoms with E-state index in [1.165, 1.54) is 7.11 Å². The number of carbonyl (C=O) groups excluding carboxylic acids is 2. The molecule has 1 aliphatic rings. The van der Waals surface area contributed by atoms with E-state index in [-0.39, 0.29) is 18.4 Å². The molecule has 1 aromatic carbocycles. The molecule has 1 N–H and O–H groups in total. The molecule has 1 amide bonds. The Bertz CT molecular complexity index is 553. The maximum Gasteiger partial charge on any atom is 0.311 e. The molecule has 1 atom stereocenters. The molecule has 120 valence electrons.